The van der Waals surface area contributed by atoms with E-state index in [1.54, 1.807) is 12.3 Å². The zero-order chi connectivity index (χ0) is 16.9. The molecular weight excluding hydrogens is 315 g/mol. The number of hydrogen-bond donors (Lipinski definition) is 3. The number of aromatic amines is 1. The van der Waals surface area contributed by atoms with Crippen molar-refractivity contribution in [3.05, 3.63) is 35.3 Å². The Labute approximate surface area is 137 Å². The van der Waals surface area contributed by atoms with Crippen LogP contribution in [0.25, 0.3) is 11.3 Å². The summed E-state index contributed by atoms with van der Waals surface area (Å²) in [5, 5.41) is 17.2. The predicted molar refractivity (Wildman–Crippen MR) is 83.4 cm³/mol. The average molecular weight is 332 g/mol. The SMILES string of the molecule is NC(=O)[C@]1(O)OCCN1c1cc(F)c2c(c1)CCCc1cn[nH]c1-2. The van der Waals surface area contributed by atoms with Gasteiger partial charge in [0.25, 0.3) is 0 Å². The van der Waals surface area contributed by atoms with Gasteiger partial charge in [0, 0.05) is 17.8 Å². The Morgan fingerprint density at radius 3 is 3.00 bits per heavy atom. The lowest BCUT2D eigenvalue weighted by atomic mass is 10.00. The number of aliphatic hydroxyl groups is 1. The second-order valence-electron chi connectivity index (χ2n) is 6.06. The molecule has 0 unspecified atom stereocenters. The lowest BCUT2D eigenvalue weighted by Gasteiger charge is -2.30. The van der Waals surface area contributed by atoms with E-state index in [1.165, 1.54) is 11.0 Å². The third kappa shape index (κ3) is 2.10. The molecule has 1 aromatic heterocycles. The van der Waals surface area contributed by atoms with E-state index in [-0.39, 0.29) is 13.2 Å². The highest BCUT2D eigenvalue weighted by Gasteiger charge is 2.47. The molecule has 2 heterocycles. The van der Waals surface area contributed by atoms with Crippen molar-refractivity contribution in [1.29, 1.82) is 0 Å². The number of nitrogens with zero attached hydrogens (tertiary/aromatic N) is 2. The lowest BCUT2D eigenvalue weighted by molar-refractivity contribution is -0.184. The number of hydrogen-bond acceptors (Lipinski definition) is 5. The molecule has 4 N–H and O–H groups in total. The van der Waals surface area contributed by atoms with Crippen LogP contribution in [0.2, 0.25) is 0 Å². The van der Waals surface area contributed by atoms with E-state index in [0.717, 1.165) is 24.0 Å². The number of fused-ring (bicyclic) bond motifs is 3. The molecule has 1 aliphatic carbocycles. The summed E-state index contributed by atoms with van der Waals surface area (Å²) in [7, 11) is 0. The van der Waals surface area contributed by atoms with Crippen molar-refractivity contribution in [3.63, 3.8) is 0 Å². The first-order chi connectivity index (χ1) is 11.5. The normalized spacial score (nSPS) is 22.8. The number of amides is 1. The Kier molecular flexibility index (Phi) is 3.33. The van der Waals surface area contributed by atoms with Crippen molar-refractivity contribution in [3.8, 4) is 11.3 Å². The van der Waals surface area contributed by atoms with E-state index in [2.05, 4.69) is 10.2 Å². The molecule has 4 rings (SSSR count). The van der Waals surface area contributed by atoms with Crippen LogP contribution < -0.4 is 10.6 Å². The number of rotatable bonds is 2. The fraction of sp³-hybridized carbons (Fsp3) is 0.375. The minimum Gasteiger partial charge on any atom is -0.363 e. The van der Waals surface area contributed by atoms with Gasteiger partial charge in [-0.3, -0.25) is 9.89 Å². The molecule has 1 fully saturated rings. The maximum atomic E-state index is 14.9. The van der Waals surface area contributed by atoms with Crippen LogP contribution in [0, 0.1) is 5.82 Å². The average Bonchev–Trinajstić information content (AvgIpc) is 3.11. The summed E-state index contributed by atoms with van der Waals surface area (Å²) in [5.41, 5.74) is 8.58. The smallest absolute Gasteiger partial charge is 0.333 e. The lowest BCUT2D eigenvalue weighted by Crippen LogP contribution is -2.55. The second kappa shape index (κ2) is 5.29. The number of carbonyl (C=O) groups is 1. The molecule has 1 atom stereocenters. The standard InChI is InChI=1S/C16H17FN4O3/c17-12-7-11(21-4-5-24-16(21,23)15(18)22)6-9-2-1-3-10-8-19-20-14(10)13(9)12/h6-8,23H,1-5H2,(H2,18,22)(H,19,20)/t16-/m0/s1. The molecule has 2 aliphatic rings. The highest BCUT2D eigenvalue weighted by Crippen LogP contribution is 2.37. The van der Waals surface area contributed by atoms with Crippen LogP contribution >= 0.6 is 0 Å². The number of halogens is 1. The van der Waals surface area contributed by atoms with E-state index >= 15 is 0 Å². The number of nitrogens with one attached hydrogen (secondary N) is 1. The summed E-state index contributed by atoms with van der Waals surface area (Å²) < 4.78 is 20.0. The highest BCUT2D eigenvalue weighted by molar-refractivity contribution is 5.86. The quantitative estimate of drug-likeness (QED) is 0.750. The Morgan fingerprint density at radius 1 is 1.42 bits per heavy atom. The van der Waals surface area contributed by atoms with Crippen molar-refractivity contribution < 1.29 is 19.0 Å². The first-order valence-corrected chi connectivity index (χ1v) is 7.79. The van der Waals surface area contributed by atoms with Crippen LogP contribution in [0.15, 0.2) is 18.3 Å². The van der Waals surface area contributed by atoms with Gasteiger partial charge in [-0.05, 0) is 42.5 Å². The number of H-pyrrole nitrogens is 1. The van der Waals surface area contributed by atoms with Gasteiger partial charge in [-0.25, -0.2) is 4.39 Å². The Bertz CT molecular complexity index is 822. The van der Waals surface area contributed by atoms with Gasteiger partial charge in [0.2, 0.25) is 0 Å². The Morgan fingerprint density at radius 2 is 2.21 bits per heavy atom. The molecule has 2 aromatic rings. The van der Waals surface area contributed by atoms with Crippen molar-refractivity contribution in [2.24, 2.45) is 5.73 Å². The fourth-order valence-corrected chi connectivity index (χ4v) is 3.48. The summed E-state index contributed by atoms with van der Waals surface area (Å²) in [4.78, 5) is 12.9. The van der Waals surface area contributed by atoms with E-state index in [1.807, 2.05) is 0 Å². The van der Waals surface area contributed by atoms with Gasteiger partial charge in [-0.1, -0.05) is 0 Å². The van der Waals surface area contributed by atoms with Crippen molar-refractivity contribution in [1.82, 2.24) is 10.2 Å². The number of anilines is 1. The van der Waals surface area contributed by atoms with E-state index < -0.39 is 17.6 Å². The van der Waals surface area contributed by atoms with E-state index in [0.29, 0.717) is 23.4 Å². The third-order valence-electron chi connectivity index (χ3n) is 4.63. The van der Waals surface area contributed by atoms with Crippen LogP contribution in [0.4, 0.5) is 10.1 Å². The number of aromatic nitrogens is 2. The zero-order valence-corrected chi connectivity index (χ0v) is 12.9. The zero-order valence-electron chi connectivity index (χ0n) is 12.9. The number of aryl methyl sites for hydroxylation is 2. The number of primary amides is 1. The second-order valence-corrected chi connectivity index (χ2v) is 6.06. The van der Waals surface area contributed by atoms with Crippen LogP contribution in [0.1, 0.15) is 17.5 Å². The molecule has 1 aliphatic heterocycles. The predicted octanol–water partition coefficient (Wildman–Crippen LogP) is 0.673. The van der Waals surface area contributed by atoms with Gasteiger partial charge < -0.3 is 20.5 Å². The fourth-order valence-electron chi connectivity index (χ4n) is 3.48. The minimum atomic E-state index is -2.25. The molecule has 0 radical (unpaired) electrons. The molecule has 126 valence electrons. The molecule has 0 spiro atoms. The summed E-state index contributed by atoms with van der Waals surface area (Å²) >= 11 is 0. The minimum absolute atomic E-state index is 0.128. The number of carbonyl (C=O) groups excluding carboxylic acids is 1. The van der Waals surface area contributed by atoms with E-state index in [4.69, 9.17) is 10.5 Å². The van der Waals surface area contributed by atoms with E-state index in [9.17, 15) is 14.3 Å². The van der Waals surface area contributed by atoms with Crippen molar-refractivity contribution in [2.45, 2.75) is 25.2 Å². The summed E-state index contributed by atoms with van der Waals surface area (Å²) in [6, 6.07) is 3.06. The molecule has 7 nitrogen and oxygen atoms in total. The number of benzene rings is 1. The molecule has 0 saturated carbocycles. The molecule has 0 bridgehead atoms. The van der Waals surface area contributed by atoms with Gasteiger partial charge in [0.15, 0.2) is 0 Å². The van der Waals surface area contributed by atoms with Crippen molar-refractivity contribution >= 4 is 11.6 Å². The molecule has 8 heteroatoms. The third-order valence-corrected chi connectivity index (χ3v) is 4.63. The Balaban J connectivity index is 1.83. The topological polar surface area (TPSA) is 104 Å². The van der Waals surface area contributed by atoms with Crippen LogP contribution in [0.3, 0.4) is 0 Å². The van der Waals surface area contributed by atoms with Gasteiger partial charge in [0.05, 0.1) is 18.5 Å². The Hall–Kier alpha value is -2.45. The van der Waals surface area contributed by atoms with Crippen LogP contribution in [0.5, 0.6) is 0 Å². The molecular formula is C16H17FN4O3. The molecule has 1 aromatic carbocycles. The van der Waals surface area contributed by atoms with Gasteiger partial charge in [-0.2, -0.15) is 5.10 Å². The highest BCUT2D eigenvalue weighted by atomic mass is 19.1. The summed E-state index contributed by atoms with van der Waals surface area (Å²) in [6.07, 6.45) is 4.08. The maximum absolute atomic E-state index is 14.9. The summed E-state index contributed by atoms with van der Waals surface area (Å²) in [5.74, 6) is -3.70. The van der Waals surface area contributed by atoms with Gasteiger partial charge >= 0.3 is 11.8 Å². The maximum Gasteiger partial charge on any atom is 0.333 e. The molecule has 24 heavy (non-hydrogen) atoms. The van der Waals surface area contributed by atoms with Crippen molar-refractivity contribution in [2.75, 3.05) is 18.1 Å². The number of nitrogens with two attached hydrogens (primary N) is 1. The van der Waals surface area contributed by atoms with Crippen LogP contribution in [-0.4, -0.2) is 40.3 Å². The molecule has 1 saturated heterocycles. The monoisotopic (exact) mass is 332 g/mol. The largest absolute Gasteiger partial charge is 0.363 e. The first kappa shape index (κ1) is 15.1. The van der Waals surface area contributed by atoms with Crippen LogP contribution in [-0.2, 0) is 22.4 Å². The summed E-state index contributed by atoms with van der Waals surface area (Å²) in [6.45, 7) is 0.371. The number of ether oxygens (including phenoxy) is 1. The first-order valence-electron chi connectivity index (χ1n) is 7.79. The van der Waals surface area contributed by atoms with Gasteiger partial charge in [-0.15, -0.1) is 0 Å². The van der Waals surface area contributed by atoms with Gasteiger partial charge in [0.1, 0.15) is 5.82 Å². The molecule has 1 amide bonds.